The SMILES string of the molecule is O=C(Cc1ccccc1Cl)N1CCN(CCO[C@@H]2CCCCO2)CC1. The van der Waals surface area contributed by atoms with Crippen LogP contribution in [-0.4, -0.2) is 67.9 Å². The molecule has 0 spiro atoms. The molecule has 5 nitrogen and oxygen atoms in total. The van der Waals surface area contributed by atoms with Crippen molar-refractivity contribution in [3.8, 4) is 0 Å². The van der Waals surface area contributed by atoms with E-state index in [2.05, 4.69) is 4.90 Å². The normalized spacial score (nSPS) is 22.1. The van der Waals surface area contributed by atoms with E-state index in [1.165, 1.54) is 6.42 Å². The minimum Gasteiger partial charge on any atom is -0.353 e. The summed E-state index contributed by atoms with van der Waals surface area (Å²) in [4.78, 5) is 16.7. The van der Waals surface area contributed by atoms with Crippen LogP contribution in [0.15, 0.2) is 24.3 Å². The summed E-state index contributed by atoms with van der Waals surface area (Å²) in [6.45, 7) is 5.72. The fourth-order valence-electron chi connectivity index (χ4n) is 3.29. The van der Waals surface area contributed by atoms with Gasteiger partial charge in [0, 0.05) is 44.4 Å². The Morgan fingerprint density at radius 3 is 2.72 bits per heavy atom. The molecule has 0 radical (unpaired) electrons. The Bertz CT molecular complexity index is 555. The van der Waals surface area contributed by atoms with Crippen molar-refractivity contribution in [3.05, 3.63) is 34.9 Å². The smallest absolute Gasteiger partial charge is 0.227 e. The number of ether oxygens (including phenoxy) is 2. The summed E-state index contributed by atoms with van der Waals surface area (Å²) in [6.07, 6.45) is 3.69. The van der Waals surface area contributed by atoms with E-state index in [0.29, 0.717) is 18.1 Å². The maximum atomic E-state index is 12.5. The van der Waals surface area contributed by atoms with Crippen LogP contribution in [0.1, 0.15) is 24.8 Å². The largest absolute Gasteiger partial charge is 0.353 e. The summed E-state index contributed by atoms with van der Waals surface area (Å²) in [5, 5.41) is 0.663. The van der Waals surface area contributed by atoms with Gasteiger partial charge >= 0.3 is 0 Å². The maximum absolute atomic E-state index is 12.5. The number of nitrogens with zero attached hydrogens (tertiary/aromatic N) is 2. The van der Waals surface area contributed by atoms with Gasteiger partial charge in [0.1, 0.15) is 0 Å². The van der Waals surface area contributed by atoms with Crippen molar-refractivity contribution < 1.29 is 14.3 Å². The minimum atomic E-state index is -0.0211. The molecule has 2 fully saturated rings. The van der Waals surface area contributed by atoms with E-state index in [-0.39, 0.29) is 12.2 Å². The van der Waals surface area contributed by atoms with Crippen LogP contribution in [0.4, 0.5) is 0 Å². The lowest BCUT2D eigenvalue weighted by atomic mass is 10.1. The molecule has 1 atom stereocenters. The number of rotatable bonds is 6. The number of hydrogen-bond acceptors (Lipinski definition) is 4. The van der Waals surface area contributed by atoms with Gasteiger partial charge in [-0.3, -0.25) is 9.69 Å². The molecule has 2 heterocycles. The summed E-state index contributed by atoms with van der Waals surface area (Å²) in [7, 11) is 0. The van der Waals surface area contributed by atoms with Crippen molar-refractivity contribution >= 4 is 17.5 Å². The predicted molar refractivity (Wildman–Crippen MR) is 97.7 cm³/mol. The van der Waals surface area contributed by atoms with Gasteiger partial charge in [-0.1, -0.05) is 29.8 Å². The third-order valence-corrected chi connectivity index (χ3v) is 5.24. The van der Waals surface area contributed by atoms with Crippen molar-refractivity contribution in [1.82, 2.24) is 9.80 Å². The number of benzene rings is 1. The van der Waals surface area contributed by atoms with Crippen molar-refractivity contribution in [2.75, 3.05) is 45.9 Å². The Labute approximate surface area is 154 Å². The molecule has 0 saturated carbocycles. The number of carbonyl (C=O) groups excluding carboxylic acids is 1. The number of amides is 1. The van der Waals surface area contributed by atoms with Gasteiger partial charge in [0.2, 0.25) is 5.91 Å². The average Bonchev–Trinajstić information content (AvgIpc) is 2.65. The first kappa shape index (κ1) is 18.6. The first-order valence-electron chi connectivity index (χ1n) is 9.19. The molecule has 0 aliphatic carbocycles. The zero-order chi connectivity index (χ0) is 17.5. The van der Waals surface area contributed by atoms with Crippen LogP contribution in [0.5, 0.6) is 0 Å². The third kappa shape index (κ3) is 5.68. The van der Waals surface area contributed by atoms with Gasteiger partial charge in [0.05, 0.1) is 13.0 Å². The van der Waals surface area contributed by atoms with Crippen LogP contribution in [0.3, 0.4) is 0 Å². The molecular weight excluding hydrogens is 340 g/mol. The summed E-state index contributed by atoms with van der Waals surface area (Å²) in [6, 6.07) is 7.55. The molecule has 2 saturated heterocycles. The van der Waals surface area contributed by atoms with Gasteiger partial charge in [-0.25, -0.2) is 0 Å². The Kier molecular flexibility index (Phi) is 7.11. The first-order valence-corrected chi connectivity index (χ1v) is 9.57. The lowest BCUT2D eigenvalue weighted by Gasteiger charge is -2.35. The molecule has 2 aliphatic rings. The Morgan fingerprint density at radius 1 is 1.20 bits per heavy atom. The molecule has 1 amide bonds. The fraction of sp³-hybridized carbons (Fsp3) is 0.632. The summed E-state index contributed by atoms with van der Waals surface area (Å²) in [5.41, 5.74) is 0.900. The molecule has 6 heteroatoms. The van der Waals surface area contributed by atoms with E-state index < -0.39 is 0 Å². The number of hydrogen-bond donors (Lipinski definition) is 0. The van der Waals surface area contributed by atoms with Crippen LogP contribution < -0.4 is 0 Å². The van der Waals surface area contributed by atoms with E-state index in [9.17, 15) is 4.79 Å². The highest BCUT2D eigenvalue weighted by molar-refractivity contribution is 6.31. The summed E-state index contributed by atoms with van der Waals surface area (Å²) < 4.78 is 11.4. The van der Waals surface area contributed by atoms with Crippen molar-refractivity contribution in [2.45, 2.75) is 32.0 Å². The average molecular weight is 367 g/mol. The van der Waals surface area contributed by atoms with Crippen molar-refractivity contribution in [2.24, 2.45) is 0 Å². The monoisotopic (exact) mass is 366 g/mol. The minimum absolute atomic E-state index is 0.0211. The Hall–Kier alpha value is -1.14. The standard InChI is InChI=1S/C19H27ClN2O3/c20-17-6-2-1-5-16(17)15-18(23)22-10-8-21(9-11-22)12-14-25-19-7-3-4-13-24-19/h1-2,5-6,19H,3-4,7-15H2/t19-/m1/s1. The second kappa shape index (κ2) is 9.53. The zero-order valence-electron chi connectivity index (χ0n) is 14.7. The lowest BCUT2D eigenvalue weighted by molar-refractivity contribution is -0.164. The van der Waals surface area contributed by atoms with Gasteiger partial charge in [0.25, 0.3) is 0 Å². The second-order valence-electron chi connectivity index (χ2n) is 6.66. The highest BCUT2D eigenvalue weighted by Gasteiger charge is 2.22. The highest BCUT2D eigenvalue weighted by Crippen LogP contribution is 2.17. The number of piperazine rings is 1. The second-order valence-corrected chi connectivity index (χ2v) is 7.06. The molecule has 0 unspecified atom stereocenters. The molecule has 3 rings (SSSR count). The van der Waals surface area contributed by atoms with Crippen molar-refractivity contribution in [3.63, 3.8) is 0 Å². The molecule has 1 aromatic rings. The van der Waals surface area contributed by atoms with E-state index in [0.717, 1.165) is 57.7 Å². The lowest BCUT2D eigenvalue weighted by Crippen LogP contribution is -2.50. The quantitative estimate of drug-likeness (QED) is 0.776. The predicted octanol–water partition coefficient (Wildman–Crippen LogP) is 2.57. The zero-order valence-corrected chi connectivity index (χ0v) is 15.4. The molecule has 138 valence electrons. The van der Waals surface area contributed by atoms with Gasteiger partial charge in [-0.15, -0.1) is 0 Å². The van der Waals surface area contributed by atoms with Gasteiger partial charge in [0.15, 0.2) is 6.29 Å². The Balaban J connectivity index is 1.35. The van der Waals surface area contributed by atoms with Crippen LogP contribution in [-0.2, 0) is 20.7 Å². The first-order chi connectivity index (χ1) is 12.2. The molecule has 1 aromatic carbocycles. The van der Waals surface area contributed by atoms with E-state index in [1.807, 2.05) is 29.2 Å². The third-order valence-electron chi connectivity index (χ3n) is 4.87. The van der Waals surface area contributed by atoms with Gasteiger partial charge < -0.3 is 14.4 Å². The molecule has 2 aliphatic heterocycles. The van der Waals surface area contributed by atoms with Gasteiger partial charge in [-0.2, -0.15) is 0 Å². The van der Waals surface area contributed by atoms with E-state index in [4.69, 9.17) is 21.1 Å². The number of carbonyl (C=O) groups is 1. The maximum Gasteiger partial charge on any atom is 0.227 e. The summed E-state index contributed by atoms with van der Waals surface area (Å²) in [5.74, 6) is 0.152. The Morgan fingerprint density at radius 2 is 2.00 bits per heavy atom. The highest BCUT2D eigenvalue weighted by atomic mass is 35.5. The molecular formula is C19H27ClN2O3. The molecule has 0 N–H and O–H groups in total. The topological polar surface area (TPSA) is 42.0 Å². The number of halogens is 1. The van der Waals surface area contributed by atoms with E-state index in [1.54, 1.807) is 0 Å². The molecule has 0 bridgehead atoms. The van der Waals surface area contributed by atoms with Crippen LogP contribution in [0.25, 0.3) is 0 Å². The fourth-order valence-corrected chi connectivity index (χ4v) is 3.50. The molecule has 0 aromatic heterocycles. The van der Waals surface area contributed by atoms with Crippen molar-refractivity contribution in [1.29, 1.82) is 0 Å². The van der Waals surface area contributed by atoms with Crippen LogP contribution >= 0.6 is 11.6 Å². The van der Waals surface area contributed by atoms with Gasteiger partial charge in [-0.05, 0) is 30.9 Å². The molecule has 25 heavy (non-hydrogen) atoms. The van der Waals surface area contributed by atoms with Crippen LogP contribution in [0, 0.1) is 0 Å². The van der Waals surface area contributed by atoms with Crippen LogP contribution in [0.2, 0.25) is 5.02 Å². The van der Waals surface area contributed by atoms with E-state index >= 15 is 0 Å². The summed E-state index contributed by atoms with van der Waals surface area (Å²) >= 11 is 6.15.